The summed E-state index contributed by atoms with van der Waals surface area (Å²) in [5, 5.41) is 6.30. The van der Waals surface area contributed by atoms with Crippen LogP contribution in [0.1, 0.15) is 30.0 Å². The van der Waals surface area contributed by atoms with Crippen LogP contribution < -0.4 is 10.6 Å². The van der Waals surface area contributed by atoms with E-state index in [1.54, 1.807) is 19.1 Å². The Morgan fingerprint density at radius 1 is 1.08 bits per heavy atom. The van der Waals surface area contributed by atoms with Crippen LogP contribution in [-0.2, 0) is 11.2 Å². The number of amides is 2. The molecule has 128 valence electrons. The van der Waals surface area contributed by atoms with Crippen LogP contribution in [0.15, 0.2) is 59.0 Å². The van der Waals surface area contributed by atoms with Crippen molar-refractivity contribution in [3.05, 3.63) is 65.9 Å². The zero-order chi connectivity index (χ0) is 17.8. The number of hydrogen-bond acceptors (Lipinski definition) is 3. The van der Waals surface area contributed by atoms with Gasteiger partial charge in [-0.15, -0.1) is 0 Å². The second kappa shape index (κ2) is 7.21. The van der Waals surface area contributed by atoms with Gasteiger partial charge < -0.3 is 15.1 Å². The number of para-hydroxylation sites is 1. The van der Waals surface area contributed by atoms with Crippen molar-refractivity contribution < 1.29 is 14.0 Å². The SMILES string of the molecule is CCc1ccc(NC(=O)[C@@H](C)NC(=O)c2cc3ccccc3o2)cc1. The molecule has 0 saturated carbocycles. The van der Waals surface area contributed by atoms with Crippen molar-refractivity contribution in [3.8, 4) is 0 Å². The van der Waals surface area contributed by atoms with Crippen LogP contribution >= 0.6 is 0 Å². The number of furan rings is 1. The molecule has 0 aliphatic carbocycles. The fourth-order valence-electron chi connectivity index (χ4n) is 2.50. The zero-order valence-corrected chi connectivity index (χ0v) is 14.2. The number of aryl methyl sites for hydroxylation is 1. The number of fused-ring (bicyclic) bond motifs is 1. The number of carbonyl (C=O) groups excluding carboxylic acids is 2. The Bertz CT molecular complexity index is 864. The number of anilines is 1. The highest BCUT2D eigenvalue weighted by Gasteiger charge is 2.19. The average Bonchev–Trinajstić information content (AvgIpc) is 3.06. The van der Waals surface area contributed by atoms with E-state index in [0.29, 0.717) is 11.3 Å². The fraction of sp³-hybridized carbons (Fsp3) is 0.200. The summed E-state index contributed by atoms with van der Waals surface area (Å²) in [6.07, 6.45) is 0.943. The summed E-state index contributed by atoms with van der Waals surface area (Å²) in [6, 6.07) is 16.0. The van der Waals surface area contributed by atoms with E-state index >= 15 is 0 Å². The first kappa shape index (κ1) is 16.8. The van der Waals surface area contributed by atoms with Gasteiger partial charge in [0.2, 0.25) is 5.91 Å². The van der Waals surface area contributed by atoms with E-state index in [1.165, 1.54) is 5.56 Å². The summed E-state index contributed by atoms with van der Waals surface area (Å²) in [6.45, 7) is 3.71. The van der Waals surface area contributed by atoms with Gasteiger partial charge in [0.05, 0.1) is 0 Å². The van der Waals surface area contributed by atoms with Gasteiger partial charge in [0.15, 0.2) is 5.76 Å². The largest absolute Gasteiger partial charge is 0.451 e. The van der Waals surface area contributed by atoms with Crippen molar-refractivity contribution in [3.63, 3.8) is 0 Å². The Kier molecular flexibility index (Phi) is 4.84. The molecule has 5 nitrogen and oxygen atoms in total. The predicted octanol–water partition coefficient (Wildman–Crippen LogP) is 3.75. The molecule has 1 atom stereocenters. The van der Waals surface area contributed by atoms with E-state index in [4.69, 9.17) is 4.42 Å². The van der Waals surface area contributed by atoms with Crippen LogP contribution in [0.5, 0.6) is 0 Å². The van der Waals surface area contributed by atoms with Crippen LogP contribution in [0, 0.1) is 0 Å². The molecule has 2 amide bonds. The van der Waals surface area contributed by atoms with Gasteiger partial charge in [-0.3, -0.25) is 9.59 Å². The van der Waals surface area contributed by atoms with Gasteiger partial charge >= 0.3 is 0 Å². The third-order valence-electron chi connectivity index (χ3n) is 4.02. The van der Waals surface area contributed by atoms with E-state index in [9.17, 15) is 9.59 Å². The molecule has 1 heterocycles. The molecule has 3 aromatic rings. The summed E-state index contributed by atoms with van der Waals surface area (Å²) in [7, 11) is 0. The van der Waals surface area contributed by atoms with E-state index < -0.39 is 11.9 Å². The maximum atomic E-state index is 12.3. The summed E-state index contributed by atoms with van der Waals surface area (Å²) in [4.78, 5) is 24.5. The molecule has 5 heteroatoms. The molecule has 0 aliphatic rings. The van der Waals surface area contributed by atoms with Crippen LogP contribution in [-0.4, -0.2) is 17.9 Å². The lowest BCUT2D eigenvalue weighted by Gasteiger charge is -2.13. The van der Waals surface area contributed by atoms with Crippen molar-refractivity contribution in [2.24, 2.45) is 0 Å². The maximum Gasteiger partial charge on any atom is 0.287 e. The number of rotatable bonds is 5. The molecule has 1 aromatic heterocycles. The molecular weight excluding hydrogens is 316 g/mol. The lowest BCUT2D eigenvalue weighted by molar-refractivity contribution is -0.117. The average molecular weight is 336 g/mol. The standard InChI is InChI=1S/C20H20N2O3/c1-3-14-8-10-16(11-9-14)22-19(23)13(2)21-20(24)18-12-15-6-4-5-7-17(15)25-18/h4-13H,3H2,1-2H3,(H,21,24)(H,22,23)/t13-/m1/s1. The third-order valence-corrected chi connectivity index (χ3v) is 4.02. The minimum atomic E-state index is -0.688. The first-order valence-electron chi connectivity index (χ1n) is 8.26. The number of benzene rings is 2. The number of carbonyl (C=O) groups is 2. The van der Waals surface area contributed by atoms with E-state index in [1.807, 2.05) is 42.5 Å². The van der Waals surface area contributed by atoms with Gasteiger partial charge in [0, 0.05) is 11.1 Å². The van der Waals surface area contributed by atoms with Crippen molar-refractivity contribution >= 4 is 28.5 Å². The van der Waals surface area contributed by atoms with E-state index in [2.05, 4.69) is 17.6 Å². The van der Waals surface area contributed by atoms with E-state index in [0.717, 1.165) is 11.8 Å². The second-order valence-electron chi connectivity index (χ2n) is 5.88. The van der Waals surface area contributed by atoms with Crippen molar-refractivity contribution in [2.75, 3.05) is 5.32 Å². The summed E-state index contributed by atoms with van der Waals surface area (Å²) in [5.74, 6) is -0.512. The summed E-state index contributed by atoms with van der Waals surface area (Å²) >= 11 is 0. The quantitative estimate of drug-likeness (QED) is 0.745. The molecule has 25 heavy (non-hydrogen) atoms. The fourth-order valence-corrected chi connectivity index (χ4v) is 2.50. The molecule has 2 N–H and O–H groups in total. The van der Waals surface area contributed by atoms with Gasteiger partial charge in [-0.25, -0.2) is 0 Å². The monoisotopic (exact) mass is 336 g/mol. The molecule has 0 spiro atoms. The zero-order valence-electron chi connectivity index (χ0n) is 14.2. The highest BCUT2D eigenvalue weighted by molar-refractivity contribution is 6.01. The molecule has 3 rings (SSSR count). The normalized spacial score (nSPS) is 11.9. The highest BCUT2D eigenvalue weighted by atomic mass is 16.3. The predicted molar refractivity (Wildman–Crippen MR) is 97.6 cm³/mol. The lowest BCUT2D eigenvalue weighted by atomic mass is 10.1. The second-order valence-corrected chi connectivity index (χ2v) is 5.88. The van der Waals surface area contributed by atoms with Crippen molar-refractivity contribution in [2.45, 2.75) is 26.3 Å². The van der Waals surface area contributed by atoms with Crippen molar-refractivity contribution in [1.82, 2.24) is 5.32 Å². The Morgan fingerprint density at radius 3 is 2.48 bits per heavy atom. The molecular formula is C20H20N2O3. The van der Waals surface area contributed by atoms with Gasteiger partial charge in [-0.1, -0.05) is 37.3 Å². The molecule has 0 bridgehead atoms. The number of hydrogen-bond donors (Lipinski definition) is 2. The van der Waals surface area contributed by atoms with Crippen molar-refractivity contribution in [1.29, 1.82) is 0 Å². The molecule has 0 aliphatic heterocycles. The molecule has 0 saturated heterocycles. The number of nitrogens with one attached hydrogen (secondary N) is 2. The molecule has 2 aromatic carbocycles. The Labute approximate surface area is 146 Å². The molecule has 0 radical (unpaired) electrons. The lowest BCUT2D eigenvalue weighted by Crippen LogP contribution is -2.41. The first-order chi connectivity index (χ1) is 12.1. The smallest absolute Gasteiger partial charge is 0.287 e. The van der Waals surface area contributed by atoms with Crippen LogP contribution in [0.4, 0.5) is 5.69 Å². The van der Waals surface area contributed by atoms with Gasteiger partial charge in [-0.2, -0.15) is 0 Å². The van der Waals surface area contributed by atoms with Gasteiger partial charge in [0.25, 0.3) is 5.91 Å². The van der Waals surface area contributed by atoms with Gasteiger partial charge in [0.1, 0.15) is 11.6 Å². The van der Waals surface area contributed by atoms with Gasteiger partial charge in [-0.05, 0) is 43.2 Å². The highest BCUT2D eigenvalue weighted by Crippen LogP contribution is 2.18. The summed E-state index contributed by atoms with van der Waals surface area (Å²) in [5.41, 5.74) is 2.54. The molecule has 0 unspecified atom stereocenters. The summed E-state index contributed by atoms with van der Waals surface area (Å²) < 4.78 is 5.51. The minimum absolute atomic E-state index is 0.188. The van der Waals surface area contributed by atoms with E-state index in [-0.39, 0.29) is 11.7 Å². The Morgan fingerprint density at radius 2 is 1.80 bits per heavy atom. The Balaban J connectivity index is 1.62. The van der Waals surface area contributed by atoms with Crippen LogP contribution in [0.3, 0.4) is 0 Å². The topological polar surface area (TPSA) is 71.3 Å². The first-order valence-corrected chi connectivity index (χ1v) is 8.26. The minimum Gasteiger partial charge on any atom is -0.451 e. The third kappa shape index (κ3) is 3.88. The van der Waals surface area contributed by atoms with Crippen LogP contribution in [0.25, 0.3) is 11.0 Å². The maximum absolute atomic E-state index is 12.3. The molecule has 0 fully saturated rings. The Hall–Kier alpha value is -3.08. The van der Waals surface area contributed by atoms with Crippen LogP contribution in [0.2, 0.25) is 0 Å².